The molecule has 98 valence electrons. The fourth-order valence-electron chi connectivity index (χ4n) is 0.862. The van der Waals surface area contributed by atoms with Crippen molar-refractivity contribution in [2.75, 3.05) is 39.9 Å². The highest BCUT2D eigenvalue weighted by Gasteiger charge is 2.13. The number of carbonyl (C=O) groups is 3. The molecular formula is C9H18N4O4. The number of nitrogens with one attached hydrogen (secondary N) is 3. The van der Waals surface area contributed by atoms with Gasteiger partial charge in [-0.25, -0.2) is 0 Å². The maximum Gasteiger partial charge on any atom is 0.309 e. The highest BCUT2D eigenvalue weighted by molar-refractivity contribution is 6.35. The van der Waals surface area contributed by atoms with Crippen LogP contribution in [0, 0.1) is 0 Å². The van der Waals surface area contributed by atoms with E-state index in [2.05, 4.69) is 16.0 Å². The maximum atomic E-state index is 11.1. The molecule has 8 nitrogen and oxygen atoms in total. The van der Waals surface area contributed by atoms with Gasteiger partial charge in [0, 0.05) is 26.7 Å². The van der Waals surface area contributed by atoms with Gasteiger partial charge in [-0.3, -0.25) is 14.4 Å². The number of carbonyl (C=O) groups excluding carboxylic acids is 3. The number of methoxy groups -OCH3 is 1. The van der Waals surface area contributed by atoms with Crippen LogP contribution in [0.25, 0.3) is 0 Å². The molecule has 0 radical (unpaired) electrons. The molecule has 17 heavy (non-hydrogen) atoms. The van der Waals surface area contributed by atoms with Gasteiger partial charge in [-0.2, -0.15) is 0 Å². The first-order valence-electron chi connectivity index (χ1n) is 5.13. The van der Waals surface area contributed by atoms with Crippen LogP contribution < -0.4 is 21.7 Å². The second-order valence-electron chi connectivity index (χ2n) is 3.07. The quantitative estimate of drug-likeness (QED) is 0.280. The Kier molecular flexibility index (Phi) is 8.61. The number of hydrogen-bond donors (Lipinski definition) is 4. The topological polar surface area (TPSA) is 123 Å². The van der Waals surface area contributed by atoms with Crippen molar-refractivity contribution in [1.82, 2.24) is 16.0 Å². The summed E-state index contributed by atoms with van der Waals surface area (Å²) in [6.07, 6.45) is 0. The normalized spacial score (nSPS) is 9.53. The fourth-order valence-corrected chi connectivity index (χ4v) is 0.862. The van der Waals surface area contributed by atoms with E-state index >= 15 is 0 Å². The molecule has 0 aliphatic carbocycles. The van der Waals surface area contributed by atoms with Crippen molar-refractivity contribution in [3.63, 3.8) is 0 Å². The van der Waals surface area contributed by atoms with Crippen molar-refractivity contribution in [3.05, 3.63) is 0 Å². The van der Waals surface area contributed by atoms with Crippen molar-refractivity contribution in [3.8, 4) is 0 Å². The van der Waals surface area contributed by atoms with E-state index in [0.717, 1.165) is 0 Å². The van der Waals surface area contributed by atoms with Gasteiger partial charge in [0.15, 0.2) is 0 Å². The van der Waals surface area contributed by atoms with E-state index in [1.807, 2.05) is 0 Å². The predicted molar refractivity (Wildman–Crippen MR) is 60.0 cm³/mol. The van der Waals surface area contributed by atoms with Crippen molar-refractivity contribution in [1.29, 1.82) is 0 Å². The third-order valence-electron chi connectivity index (χ3n) is 1.67. The summed E-state index contributed by atoms with van der Waals surface area (Å²) in [5.41, 5.74) is 5.14. The van der Waals surface area contributed by atoms with Crippen LogP contribution >= 0.6 is 0 Å². The first-order chi connectivity index (χ1) is 8.11. The maximum absolute atomic E-state index is 11.1. The van der Waals surface area contributed by atoms with Gasteiger partial charge in [0.2, 0.25) is 5.91 Å². The lowest BCUT2D eigenvalue weighted by molar-refractivity contribution is -0.139. The summed E-state index contributed by atoms with van der Waals surface area (Å²) >= 11 is 0. The standard InChI is InChI=1S/C9H18N4O4/c1-17-5-4-11-7(14)6-13-9(16)8(15)12-3-2-10/h2-6,10H2,1H3,(H,11,14)(H,12,15)(H,13,16). The molecule has 0 fully saturated rings. The van der Waals surface area contributed by atoms with Crippen molar-refractivity contribution < 1.29 is 19.1 Å². The molecule has 0 aromatic rings. The molecule has 3 amide bonds. The van der Waals surface area contributed by atoms with Crippen LogP contribution in [0.5, 0.6) is 0 Å². The lowest BCUT2D eigenvalue weighted by Crippen LogP contribution is -2.45. The van der Waals surface area contributed by atoms with Crippen molar-refractivity contribution >= 4 is 17.7 Å². The summed E-state index contributed by atoms with van der Waals surface area (Å²) in [5, 5.41) is 6.94. The number of ether oxygens (including phenoxy) is 1. The van der Waals surface area contributed by atoms with Gasteiger partial charge in [0.25, 0.3) is 0 Å². The molecule has 0 aromatic heterocycles. The van der Waals surface area contributed by atoms with Gasteiger partial charge >= 0.3 is 11.8 Å². The summed E-state index contributed by atoms with van der Waals surface area (Å²) in [5.74, 6) is -2.05. The molecule has 0 unspecified atom stereocenters. The molecule has 0 saturated heterocycles. The molecule has 5 N–H and O–H groups in total. The molecule has 0 aliphatic rings. The largest absolute Gasteiger partial charge is 0.383 e. The van der Waals surface area contributed by atoms with Crippen LogP contribution in [0.4, 0.5) is 0 Å². The van der Waals surface area contributed by atoms with Crippen LogP contribution in [0.15, 0.2) is 0 Å². The fraction of sp³-hybridized carbons (Fsp3) is 0.667. The van der Waals surface area contributed by atoms with E-state index in [0.29, 0.717) is 13.2 Å². The molecule has 0 saturated carbocycles. The Hall–Kier alpha value is -1.67. The second-order valence-corrected chi connectivity index (χ2v) is 3.07. The van der Waals surface area contributed by atoms with Crippen LogP contribution in [-0.2, 0) is 19.1 Å². The van der Waals surface area contributed by atoms with Gasteiger partial charge in [0.05, 0.1) is 13.2 Å². The molecule has 0 atom stereocenters. The predicted octanol–water partition coefficient (Wildman–Crippen LogP) is -3.06. The zero-order chi connectivity index (χ0) is 13.1. The number of nitrogens with two attached hydrogens (primary N) is 1. The number of hydrogen-bond acceptors (Lipinski definition) is 5. The minimum atomic E-state index is -0.861. The lowest BCUT2D eigenvalue weighted by atomic mass is 10.4. The molecule has 8 heteroatoms. The van der Waals surface area contributed by atoms with E-state index in [-0.39, 0.29) is 25.5 Å². The van der Waals surface area contributed by atoms with Crippen molar-refractivity contribution in [2.45, 2.75) is 0 Å². The molecule has 0 rings (SSSR count). The minimum absolute atomic E-state index is 0.215. The summed E-state index contributed by atoms with van der Waals surface area (Å²) in [6.45, 7) is 0.947. The van der Waals surface area contributed by atoms with E-state index < -0.39 is 11.8 Å². The minimum Gasteiger partial charge on any atom is -0.383 e. The highest BCUT2D eigenvalue weighted by Crippen LogP contribution is 1.71. The Morgan fingerprint density at radius 2 is 1.71 bits per heavy atom. The number of amides is 3. The van der Waals surface area contributed by atoms with Gasteiger partial charge < -0.3 is 26.4 Å². The summed E-state index contributed by atoms with van der Waals surface area (Å²) in [4.78, 5) is 33.3. The Morgan fingerprint density at radius 3 is 2.29 bits per heavy atom. The van der Waals surface area contributed by atoms with Crippen LogP contribution in [-0.4, -0.2) is 57.6 Å². The lowest BCUT2D eigenvalue weighted by Gasteiger charge is -2.06. The van der Waals surface area contributed by atoms with Crippen LogP contribution in [0.2, 0.25) is 0 Å². The molecule has 0 heterocycles. The van der Waals surface area contributed by atoms with Crippen LogP contribution in [0.1, 0.15) is 0 Å². The van der Waals surface area contributed by atoms with E-state index in [1.54, 1.807) is 0 Å². The average Bonchev–Trinajstić information content (AvgIpc) is 2.33. The van der Waals surface area contributed by atoms with Gasteiger partial charge in [0.1, 0.15) is 0 Å². The smallest absolute Gasteiger partial charge is 0.309 e. The van der Waals surface area contributed by atoms with Gasteiger partial charge in [-0.15, -0.1) is 0 Å². The summed E-state index contributed by atoms with van der Waals surface area (Å²) in [7, 11) is 1.51. The van der Waals surface area contributed by atoms with E-state index in [9.17, 15) is 14.4 Å². The highest BCUT2D eigenvalue weighted by atomic mass is 16.5. The van der Waals surface area contributed by atoms with E-state index in [4.69, 9.17) is 10.5 Å². The molecule has 0 aliphatic heterocycles. The molecule has 0 aromatic carbocycles. The first-order valence-corrected chi connectivity index (χ1v) is 5.13. The van der Waals surface area contributed by atoms with Gasteiger partial charge in [-0.05, 0) is 0 Å². The number of rotatable bonds is 7. The average molecular weight is 246 g/mol. The van der Waals surface area contributed by atoms with Gasteiger partial charge in [-0.1, -0.05) is 0 Å². The first kappa shape index (κ1) is 15.3. The molecule has 0 spiro atoms. The third kappa shape index (κ3) is 8.17. The Balaban J connectivity index is 3.68. The van der Waals surface area contributed by atoms with Crippen LogP contribution in [0.3, 0.4) is 0 Å². The second kappa shape index (κ2) is 9.55. The molecular weight excluding hydrogens is 228 g/mol. The zero-order valence-corrected chi connectivity index (χ0v) is 9.75. The molecule has 0 bridgehead atoms. The summed E-state index contributed by atoms with van der Waals surface area (Å²) < 4.78 is 4.72. The zero-order valence-electron chi connectivity index (χ0n) is 9.75. The monoisotopic (exact) mass is 246 g/mol. The SMILES string of the molecule is COCCNC(=O)CNC(=O)C(=O)NCCN. The van der Waals surface area contributed by atoms with E-state index in [1.165, 1.54) is 7.11 Å². The van der Waals surface area contributed by atoms with Crippen molar-refractivity contribution in [2.24, 2.45) is 5.73 Å². The third-order valence-corrected chi connectivity index (χ3v) is 1.67. The Morgan fingerprint density at radius 1 is 1.06 bits per heavy atom. The Bertz CT molecular complexity index is 270. The Labute approximate surface area is 99.2 Å². The summed E-state index contributed by atoms with van der Waals surface area (Å²) in [6, 6.07) is 0.